The number of H-pyrrole nitrogens is 1. The molecule has 2 aromatic rings. The number of aromatic amines is 1. The molecule has 1 aliphatic carbocycles. The van der Waals surface area contributed by atoms with Gasteiger partial charge in [0.1, 0.15) is 5.82 Å². The van der Waals surface area contributed by atoms with Crippen LogP contribution in [0.3, 0.4) is 0 Å². The summed E-state index contributed by atoms with van der Waals surface area (Å²) in [7, 11) is 0. The Balaban J connectivity index is 1.52. The van der Waals surface area contributed by atoms with Crippen molar-refractivity contribution in [3.05, 3.63) is 24.0 Å². The normalized spacial score (nSPS) is 21.0. The molecule has 0 radical (unpaired) electrons. The number of hydrogen-bond acceptors (Lipinski definition) is 4. The third-order valence-electron chi connectivity index (χ3n) is 6.07. The van der Waals surface area contributed by atoms with Crippen molar-refractivity contribution in [2.45, 2.75) is 50.9 Å². The van der Waals surface area contributed by atoms with Gasteiger partial charge in [-0.3, -0.25) is 4.79 Å². The van der Waals surface area contributed by atoms with E-state index in [4.69, 9.17) is 15.5 Å². The zero-order chi connectivity index (χ0) is 18.0. The Kier molecular flexibility index (Phi) is 4.96. The lowest BCUT2D eigenvalue weighted by Crippen LogP contribution is -2.46. The minimum atomic E-state index is -0.519. The fourth-order valence-electron chi connectivity index (χ4n) is 4.23. The van der Waals surface area contributed by atoms with Gasteiger partial charge in [0, 0.05) is 31.4 Å². The van der Waals surface area contributed by atoms with Crippen molar-refractivity contribution in [1.29, 1.82) is 0 Å². The molecule has 2 fully saturated rings. The number of aromatic nitrogens is 2. The van der Waals surface area contributed by atoms with Crippen LogP contribution in [-0.4, -0.2) is 35.6 Å². The molecular weight excluding hydrogens is 328 g/mol. The van der Waals surface area contributed by atoms with Crippen molar-refractivity contribution in [1.82, 2.24) is 9.97 Å². The third kappa shape index (κ3) is 3.35. The fourth-order valence-corrected chi connectivity index (χ4v) is 4.23. The SMILES string of the molecule is NCC1(C(=O)Nc2ccc3nc(C4CCCCC4)[nH]c3c2)CCOCC1. The van der Waals surface area contributed by atoms with E-state index in [9.17, 15) is 4.79 Å². The Bertz CT molecular complexity index is 773. The molecule has 4 rings (SSSR count). The molecule has 2 heterocycles. The molecule has 140 valence electrons. The van der Waals surface area contributed by atoms with Crippen LogP contribution in [0, 0.1) is 5.41 Å². The summed E-state index contributed by atoms with van der Waals surface area (Å²) in [6.07, 6.45) is 7.68. The minimum absolute atomic E-state index is 0.00494. The predicted octanol–water partition coefficient (Wildman–Crippen LogP) is 3.30. The van der Waals surface area contributed by atoms with E-state index in [1.165, 1.54) is 32.1 Å². The van der Waals surface area contributed by atoms with Crippen molar-refractivity contribution in [3.8, 4) is 0 Å². The largest absolute Gasteiger partial charge is 0.381 e. The smallest absolute Gasteiger partial charge is 0.232 e. The van der Waals surface area contributed by atoms with Crippen molar-refractivity contribution < 1.29 is 9.53 Å². The summed E-state index contributed by atoms with van der Waals surface area (Å²) >= 11 is 0. The Morgan fingerprint density at radius 1 is 1.27 bits per heavy atom. The maximum Gasteiger partial charge on any atom is 0.232 e. The quantitative estimate of drug-likeness (QED) is 0.783. The van der Waals surface area contributed by atoms with Crippen molar-refractivity contribution in [3.63, 3.8) is 0 Å². The Morgan fingerprint density at radius 2 is 2.04 bits per heavy atom. The summed E-state index contributed by atoms with van der Waals surface area (Å²) < 4.78 is 5.40. The maximum atomic E-state index is 12.8. The molecule has 0 spiro atoms. The van der Waals surface area contributed by atoms with Crippen molar-refractivity contribution in [2.75, 3.05) is 25.1 Å². The topological polar surface area (TPSA) is 93.0 Å². The van der Waals surface area contributed by atoms with Crippen LogP contribution < -0.4 is 11.1 Å². The van der Waals surface area contributed by atoms with Gasteiger partial charge in [-0.25, -0.2) is 4.98 Å². The van der Waals surface area contributed by atoms with Gasteiger partial charge in [-0.05, 0) is 43.9 Å². The molecule has 1 saturated carbocycles. The predicted molar refractivity (Wildman–Crippen MR) is 102 cm³/mol. The van der Waals surface area contributed by atoms with E-state index in [0.29, 0.717) is 38.5 Å². The average molecular weight is 356 g/mol. The van der Waals surface area contributed by atoms with E-state index >= 15 is 0 Å². The van der Waals surface area contributed by atoms with Crippen LogP contribution in [0.25, 0.3) is 11.0 Å². The zero-order valence-corrected chi connectivity index (χ0v) is 15.2. The standard InChI is InChI=1S/C20H28N4O2/c21-13-20(8-10-26-11-9-20)19(25)22-15-6-7-16-17(12-15)24-18(23-16)14-4-2-1-3-5-14/h6-7,12,14H,1-5,8-11,13,21H2,(H,22,25)(H,23,24). The Morgan fingerprint density at radius 3 is 2.77 bits per heavy atom. The molecule has 26 heavy (non-hydrogen) atoms. The first-order chi connectivity index (χ1) is 12.7. The molecular formula is C20H28N4O2. The minimum Gasteiger partial charge on any atom is -0.381 e. The van der Waals surface area contributed by atoms with Gasteiger partial charge in [-0.15, -0.1) is 0 Å². The summed E-state index contributed by atoms with van der Waals surface area (Å²) in [6, 6.07) is 5.89. The number of anilines is 1. The fraction of sp³-hybridized carbons (Fsp3) is 0.600. The summed E-state index contributed by atoms with van der Waals surface area (Å²) in [5, 5.41) is 3.06. The Hall–Kier alpha value is -1.92. The number of nitrogens with zero attached hydrogens (tertiary/aromatic N) is 1. The first-order valence-corrected chi connectivity index (χ1v) is 9.79. The van der Waals surface area contributed by atoms with E-state index in [0.717, 1.165) is 22.5 Å². The molecule has 0 atom stereocenters. The lowest BCUT2D eigenvalue weighted by Gasteiger charge is -2.34. The second-order valence-corrected chi connectivity index (χ2v) is 7.74. The van der Waals surface area contributed by atoms with Crippen molar-refractivity contribution >= 4 is 22.6 Å². The monoisotopic (exact) mass is 356 g/mol. The molecule has 6 heteroatoms. The molecule has 1 aliphatic heterocycles. The highest BCUT2D eigenvalue weighted by Gasteiger charge is 2.38. The molecule has 0 bridgehead atoms. The lowest BCUT2D eigenvalue weighted by molar-refractivity contribution is -0.130. The lowest BCUT2D eigenvalue weighted by atomic mass is 9.79. The second kappa shape index (κ2) is 7.37. The molecule has 0 unspecified atom stereocenters. The zero-order valence-electron chi connectivity index (χ0n) is 15.2. The van der Waals surface area contributed by atoms with Crippen LogP contribution in [0.4, 0.5) is 5.69 Å². The Labute approximate surface area is 153 Å². The van der Waals surface area contributed by atoms with Crippen LogP contribution in [-0.2, 0) is 9.53 Å². The summed E-state index contributed by atoms with van der Waals surface area (Å²) in [6.45, 7) is 1.53. The highest BCUT2D eigenvalue weighted by Crippen LogP contribution is 2.33. The van der Waals surface area contributed by atoms with Gasteiger partial charge in [0.15, 0.2) is 0 Å². The van der Waals surface area contributed by atoms with Gasteiger partial charge in [-0.2, -0.15) is 0 Å². The molecule has 1 amide bonds. The number of fused-ring (bicyclic) bond motifs is 1. The second-order valence-electron chi connectivity index (χ2n) is 7.74. The first kappa shape index (κ1) is 17.5. The highest BCUT2D eigenvalue weighted by atomic mass is 16.5. The van der Waals surface area contributed by atoms with E-state index < -0.39 is 5.41 Å². The number of nitrogens with one attached hydrogen (secondary N) is 2. The van der Waals surface area contributed by atoms with Gasteiger partial charge >= 0.3 is 0 Å². The van der Waals surface area contributed by atoms with E-state index in [2.05, 4.69) is 10.3 Å². The summed E-state index contributed by atoms with van der Waals surface area (Å²) in [4.78, 5) is 21.1. The van der Waals surface area contributed by atoms with Gasteiger partial charge in [0.25, 0.3) is 0 Å². The molecule has 1 aromatic carbocycles. The number of benzene rings is 1. The molecule has 1 saturated heterocycles. The van der Waals surface area contributed by atoms with E-state index in [1.807, 2.05) is 18.2 Å². The van der Waals surface area contributed by atoms with Gasteiger partial charge in [0.2, 0.25) is 5.91 Å². The molecule has 6 nitrogen and oxygen atoms in total. The maximum absolute atomic E-state index is 12.8. The number of imidazole rings is 1. The van der Waals surface area contributed by atoms with Crippen LogP contribution >= 0.6 is 0 Å². The van der Waals surface area contributed by atoms with Crippen LogP contribution in [0.2, 0.25) is 0 Å². The number of carbonyl (C=O) groups is 1. The molecule has 4 N–H and O–H groups in total. The van der Waals surface area contributed by atoms with Gasteiger partial charge in [-0.1, -0.05) is 19.3 Å². The van der Waals surface area contributed by atoms with Gasteiger partial charge < -0.3 is 20.8 Å². The summed E-state index contributed by atoms with van der Waals surface area (Å²) in [5.74, 6) is 1.62. The third-order valence-corrected chi connectivity index (χ3v) is 6.07. The average Bonchev–Trinajstić information content (AvgIpc) is 3.12. The van der Waals surface area contributed by atoms with E-state index in [1.54, 1.807) is 0 Å². The number of rotatable bonds is 4. The molecule has 1 aromatic heterocycles. The number of ether oxygens (including phenoxy) is 1. The van der Waals surface area contributed by atoms with E-state index in [-0.39, 0.29) is 5.91 Å². The van der Waals surface area contributed by atoms with Crippen molar-refractivity contribution in [2.24, 2.45) is 11.1 Å². The number of carbonyl (C=O) groups excluding carboxylic acids is 1. The van der Waals surface area contributed by atoms with Gasteiger partial charge in [0.05, 0.1) is 16.4 Å². The first-order valence-electron chi connectivity index (χ1n) is 9.79. The number of hydrogen-bond donors (Lipinski definition) is 3. The highest BCUT2D eigenvalue weighted by molar-refractivity contribution is 5.97. The number of nitrogens with two attached hydrogens (primary N) is 1. The van der Waals surface area contributed by atoms with Crippen LogP contribution in [0.1, 0.15) is 56.7 Å². The van der Waals surface area contributed by atoms with Crippen LogP contribution in [0.15, 0.2) is 18.2 Å². The molecule has 2 aliphatic rings. The summed E-state index contributed by atoms with van der Waals surface area (Å²) in [5.41, 5.74) is 8.15. The number of amides is 1. The van der Waals surface area contributed by atoms with Crippen LogP contribution in [0.5, 0.6) is 0 Å².